The fourth-order valence-electron chi connectivity index (χ4n) is 2.50. The van der Waals surface area contributed by atoms with Crippen LogP contribution in [0.5, 0.6) is 0 Å². The second-order valence-electron chi connectivity index (χ2n) is 6.24. The van der Waals surface area contributed by atoms with Crippen LogP contribution in [0.15, 0.2) is 59.5 Å². The van der Waals surface area contributed by atoms with Crippen molar-refractivity contribution in [2.24, 2.45) is 5.73 Å². The van der Waals surface area contributed by atoms with Gasteiger partial charge in [-0.1, -0.05) is 30.3 Å². The average Bonchev–Trinajstić information content (AvgIpc) is 2.71. The van der Waals surface area contributed by atoms with Gasteiger partial charge >= 0.3 is 0 Å². The van der Waals surface area contributed by atoms with E-state index in [1.165, 1.54) is 0 Å². The molecule has 2 aromatic rings. The molecule has 10 nitrogen and oxygen atoms in total. The summed E-state index contributed by atoms with van der Waals surface area (Å²) in [5, 5.41) is 23.0. The maximum absolute atomic E-state index is 12.1. The first-order valence-corrected chi connectivity index (χ1v) is 10.2. The number of nitrogens with zero attached hydrogens (tertiary/aromatic N) is 1. The highest BCUT2D eigenvalue weighted by Crippen LogP contribution is 2.15. The molecular weight excluding hydrogens is 436 g/mol. The summed E-state index contributed by atoms with van der Waals surface area (Å²) in [6.07, 6.45) is -1.14. The van der Waals surface area contributed by atoms with E-state index in [1.54, 1.807) is 0 Å². The highest BCUT2D eigenvalue weighted by molar-refractivity contribution is 7.89. The molecular formula is C18H23ClN4O6S. The molecule has 2 aromatic carbocycles. The summed E-state index contributed by atoms with van der Waals surface area (Å²) in [4.78, 5) is 21.8. The molecule has 2 rings (SSSR count). The molecule has 0 spiro atoms. The second-order valence-corrected chi connectivity index (χ2v) is 8.01. The van der Waals surface area contributed by atoms with E-state index in [1.807, 2.05) is 30.3 Å². The van der Waals surface area contributed by atoms with Gasteiger partial charge in [0, 0.05) is 31.3 Å². The molecule has 12 heteroatoms. The van der Waals surface area contributed by atoms with Crippen LogP contribution >= 0.6 is 12.4 Å². The van der Waals surface area contributed by atoms with E-state index in [-0.39, 0.29) is 36.1 Å². The van der Waals surface area contributed by atoms with Crippen LogP contribution in [0.25, 0.3) is 0 Å². The second kappa shape index (κ2) is 11.6. The summed E-state index contributed by atoms with van der Waals surface area (Å²) in [7, 11) is -3.89. The number of nitrogens with two attached hydrogens (primary N) is 1. The number of sulfonamides is 1. The van der Waals surface area contributed by atoms with Crippen molar-refractivity contribution in [3.63, 3.8) is 0 Å². The van der Waals surface area contributed by atoms with Crippen LogP contribution in [-0.4, -0.2) is 49.6 Å². The Bertz CT molecular complexity index is 941. The van der Waals surface area contributed by atoms with Gasteiger partial charge in [-0.2, -0.15) is 0 Å². The Morgan fingerprint density at radius 1 is 1.10 bits per heavy atom. The molecule has 0 aliphatic heterocycles. The largest absolute Gasteiger partial charge is 0.382 e. The van der Waals surface area contributed by atoms with Gasteiger partial charge in [-0.25, -0.2) is 13.1 Å². The molecule has 30 heavy (non-hydrogen) atoms. The van der Waals surface area contributed by atoms with Crippen LogP contribution in [0.1, 0.15) is 5.56 Å². The minimum atomic E-state index is -3.89. The minimum absolute atomic E-state index is 0. The highest BCUT2D eigenvalue weighted by Gasteiger charge is 2.23. The molecule has 0 saturated heterocycles. The van der Waals surface area contributed by atoms with Gasteiger partial charge in [-0.15, -0.1) is 12.4 Å². The summed E-state index contributed by atoms with van der Waals surface area (Å²) in [5.41, 5.74) is 6.52. The molecule has 5 N–H and O–H groups in total. The number of benzene rings is 2. The topological polar surface area (TPSA) is 165 Å². The third-order valence-electron chi connectivity index (χ3n) is 4.06. The van der Waals surface area contributed by atoms with Crippen molar-refractivity contribution in [3.8, 4) is 0 Å². The van der Waals surface area contributed by atoms with Crippen molar-refractivity contribution in [2.75, 3.05) is 13.1 Å². The standard InChI is InChI=1S/C18H22N4O6S.ClH/c19-16(12-13-4-2-1-3-5-13)17(23)18(24)20-10-11-21-29(27,28)15-8-6-14(7-9-15)22(25)26;/h1-9,16-17,21,23H,10-12,19H2,(H,20,24);1H/t16-,17?;/m0./s1. The molecule has 0 aromatic heterocycles. The maximum atomic E-state index is 12.1. The number of aliphatic hydroxyl groups is 1. The van der Waals surface area contributed by atoms with Gasteiger partial charge in [0.05, 0.1) is 9.82 Å². The van der Waals surface area contributed by atoms with E-state index in [4.69, 9.17) is 5.73 Å². The summed E-state index contributed by atoms with van der Waals surface area (Å²) in [5.74, 6) is -0.706. The van der Waals surface area contributed by atoms with Gasteiger partial charge in [0.2, 0.25) is 10.0 Å². The number of halogens is 1. The maximum Gasteiger partial charge on any atom is 0.269 e. The molecule has 1 amide bonds. The number of hydrogen-bond donors (Lipinski definition) is 4. The zero-order valence-electron chi connectivity index (χ0n) is 15.8. The number of nitro benzene ring substituents is 1. The molecule has 0 fully saturated rings. The number of aliphatic hydroxyl groups excluding tert-OH is 1. The Morgan fingerprint density at radius 2 is 1.70 bits per heavy atom. The van der Waals surface area contributed by atoms with Crippen molar-refractivity contribution < 1.29 is 23.2 Å². The number of carbonyl (C=O) groups is 1. The molecule has 0 bridgehead atoms. The van der Waals surface area contributed by atoms with Crippen molar-refractivity contribution in [2.45, 2.75) is 23.5 Å². The van der Waals surface area contributed by atoms with E-state index >= 15 is 0 Å². The molecule has 0 radical (unpaired) electrons. The first-order valence-electron chi connectivity index (χ1n) is 8.70. The Labute approximate surface area is 180 Å². The monoisotopic (exact) mass is 458 g/mol. The lowest BCUT2D eigenvalue weighted by atomic mass is 10.0. The smallest absolute Gasteiger partial charge is 0.269 e. The third kappa shape index (κ3) is 7.35. The molecule has 0 aliphatic carbocycles. The Kier molecular flexibility index (Phi) is 9.82. The number of nitro groups is 1. The van der Waals surface area contributed by atoms with E-state index in [9.17, 15) is 28.4 Å². The lowest BCUT2D eigenvalue weighted by molar-refractivity contribution is -0.384. The van der Waals surface area contributed by atoms with E-state index in [2.05, 4.69) is 10.0 Å². The van der Waals surface area contributed by atoms with Crippen molar-refractivity contribution in [3.05, 3.63) is 70.3 Å². The summed E-state index contributed by atoms with van der Waals surface area (Å²) < 4.78 is 26.5. The molecule has 0 aliphatic rings. The first kappa shape index (κ1) is 25.5. The fourth-order valence-corrected chi connectivity index (χ4v) is 3.53. The highest BCUT2D eigenvalue weighted by atomic mass is 35.5. The fraction of sp³-hybridized carbons (Fsp3) is 0.278. The van der Waals surface area contributed by atoms with Crippen LogP contribution < -0.4 is 15.8 Å². The van der Waals surface area contributed by atoms with Gasteiger partial charge in [0.15, 0.2) is 0 Å². The van der Waals surface area contributed by atoms with Gasteiger partial charge in [-0.3, -0.25) is 14.9 Å². The molecule has 0 heterocycles. The van der Waals surface area contributed by atoms with Crippen molar-refractivity contribution in [1.29, 1.82) is 0 Å². The number of non-ortho nitro benzene ring substituents is 1. The summed E-state index contributed by atoms with van der Waals surface area (Å²) in [6, 6.07) is 12.7. The quantitative estimate of drug-likeness (QED) is 0.226. The molecule has 2 atom stereocenters. The van der Waals surface area contributed by atoms with Crippen LogP contribution in [0.2, 0.25) is 0 Å². The lowest BCUT2D eigenvalue weighted by Crippen LogP contribution is -2.48. The Balaban J connectivity index is 0.00000450. The lowest BCUT2D eigenvalue weighted by Gasteiger charge is -2.18. The zero-order chi connectivity index (χ0) is 21.4. The number of hydrogen-bond acceptors (Lipinski definition) is 7. The van der Waals surface area contributed by atoms with Gasteiger partial charge in [0.25, 0.3) is 11.6 Å². The molecule has 1 unspecified atom stereocenters. The van der Waals surface area contributed by atoms with Crippen LogP contribution in [0.3, 0.4) is 0 Å². The van der Waals surface area contributed by atoms with E-state index in [0.29, 0.717) is 6.42 Å². The normalized spacial score (nSPS) is 13.0. The summed E-state index contributed by atoms with van der Waals surface area (Å²) in [6.45, 7) is -0.203. The van der Waals surface area contributed by atoms with Crippen LogP contribution in [0.4, 0.5) is 5.69 Å². The number of amides is 1. The first-order chi connectivity index (χ1) is 13.7. The van der Waals surface area contributed by atoms with Gasteiger partial charge in [-0.05, 0) is 24.1 Å². The predicted molar refractivity (Wildman–Crippen MR) is 113 cm³/mol. The van der Waals surface area contributed by atoms with Crippen molar-refractivity contribution in [1.82, 2.24) is 10.0 Å². The third-order valence-corrected chi connectivity index (χ3v) is 5.54. The van der Waals surface area contributed by atoms with Gasteiger partial charge in [0.1, 0.15) is 6.10 Å². The zero-order valence-corrected chi connectivity index (χ0v) is 17.4. The van der Waals surface area contributed by atoms with Gasteiger partial charge < -0.3 is 16.2 Å². The number of rotatable bonds is 10. The van der Waals surface area contributed by atoms with Crippen molar-refractivity contribution >= 4 is 34.0 Å². The predicted octanol–water partition coefficient (Wildman–Crippen LogP) is 0.342. The van der Waals surface area contributed by atoms with E-state index < -0.39 is 33.0 Å². The van der Waals surface area contributed by atoms with Crippen LogP contribution in [-0.2, 0) is 21.2 Å². The van der Waals surface area contributed by atoms with E-state index in [0.717, 1.165) is 29.8 Å². The minimum Gasteiger partial charge on any atom is -0.382 e. The Hall–Kier alpha value is -2.57. The molecule has 0 saturated carbocycles. The SMILES string of the molecule is Cl.N[C@@H](Cc1ccccc1)C(O)C(=O)NCCNS(=O)(=O)c1ccc([N+](=O)[O-])cc1. The summed E-state index contributed by atoms with van der Waals surface area (Å²) >= 11 is 0. The number of carbonyl (C=O) groups excluding carboxylic acids is 1. The van der Waals surface area contributed by atoms with Crippen LogP contribution in [0, 0.1) is 10.1 Å². The average molecular weight is 459 g/mol. The Morgan fingerprint density at radius 3 is 2.27 bits per heavy atom. The molecule has 164 valence electrons. The number of nitrogens with one attached hydrogen (secondary N) is 2.